The number of hydrogen-bond acceptors (Lipinski definition) is 5. The lowest BCUT2D eigenvalue weighted by atomic mass is 10.3. The largest absolute Gasteiger partial charge is 0.340 e. The molecule has 0 spiro atoms. The van der Waals surface area contributed by atoms with E-state index in [1.807, 2.05) is 55.6 Å². The second-order valence-electron chi connectivity index (χ2n) is 5.48. The Morgan fingerprint density at radius 2 is 1.88 bits per heavy atom. The van der Waals surface area contributed by atoms with Crippen molar-refractivity contribution in [3.05, 3.63) is 58.2 Å². The van der Waals surface area contributed by atoms with Crippen molar-refractivity contribution in [3.8, 4) is 5.95 Å². The molecular formula is C17H14ClN5S. The predicted octanol–water partition coefficient (Wildman–Crippen LogP) is 4.89. The van der Waals surface area contributed by atoms with Crippen molar-refractivity contribution in [3.63, 3.8) is 0 Å². The summed E-state index contributed by atoms with van der Waals surface area (Å²) in [5.41, 5.74) is 2.86. The first-order valence-electron chi connectivity index (χ1n) is 7.41. The van der Waals surface area contributed by atoms with Gasteiger partial charge in [-0.05, 0) is 55.6 Å². The van der Waals surface area contributed by atoms with Crippen LogP contribution in [0.3, 0.4) is 0 Å². The Hall–Kier alpha value is -2.44. The number of fused-ring (bicyclic) bond motifs is 1. The zero-order valence-corrected chi connectivity index (χ0v) is 14.7. The Morgan fingerprint density at radius 3 is 2.58 bits per heavy atom. The first-order valence-corrected chi connectivity index (χ1v) is 8.67. The van der Waals surface area contributed by atoms with Gasteiger partial charge in [-0.1, -0.05) is 11.6 Å². The van der Waals surface area contributed by atoms with Crippen LogP contribution in [-0.2, 0) is 0 Å². The van der Waals surface area contributed by atoms with Crippen molar-refractivity contribution in [2.45, 2.75) is 13.8 Å². The van der Waals surface area contributed by atoms with Gasteiger partial charge in [0.25, 0.3) is 5.95 Å². The van der Waals surface area contributed by atoms with E-state index in [9.17, 15) is 0 Å². The summed E-state index contributed by atoms with van der Waals surface area (Å²) in [6, 6.07) is 11.6. The van der Waals surface area contributed by atoms with Crippen molar-refractivity contribution in [1.29, 1.82) is 0 Å². The van der Waals surface area contributed by atoms with Gasteiger partial charge < -0.3 is 5.32 Å². The summed E-state index contributed by atoms with van der Waals surface area (Å²) < 4.78 is 1.77. The molecule has 0 atom stereocenters. The summed E-state index contributed by atoms with van der Waals surface area (Å²) in [5.74, 6) is 1.32. The number of thiophene rings is 1. The van der Waals surface area contributed by atoms with Crippen molar-refractivity contribution in [2.24, 2.45) is 0 Å². The fourth-order valence-electron chi connectivity index (χ4n) is 2.54. The summed E-state index contributed by atoms with van der Waals surface area (Å²) in [6.07, 6.45) is 0. The molecule has 4 aromatic rings. The second kappa shape index (κ2) is 5.89. The molecule has 0 aliphatic carbocycles. The van der Waals surface area contributed by atoms with Crippen LogP contribution in [-0.4, -0.2) is 19.7 Å². The maximum Gasteiger partial charge on any atom is 0.254 e. The van der Waals surface area contributed by atoms with Crippen LogP contribution in [0, 0.1) is 13.8 Å². The summed E-state index contributed by atoms with van der Waals surface area (Å²) in [4.78, 5) is 10.3. The van der Waals surface area contributed by atoms with Gasteiger partial charge in [0.05, 0.1) is 11.1 Å². The van der Waals surface area contributed by atoms with Crippen LogP contribution in [0.5, 0.6) is 0 Å². The molecule has 0 unspecified atom stereocenters. The first-order chi connectivity index (χ1) is 11.6. The van der Waals surface area contributed by atoms with Crippen LogP contribution in [0.25, 0.3) is 16.2 Å². The minimum atomic E-state index is 0.562. The quantitative estimate of drug-likeness (QED) is 0.568. The summed E-state index contributed by atoms with van der Waals surface area (Å²) in [5, 5.41) is 11.5. The molecule has 120 valence electrons. The highest BCUT2D eigenvalue weighted by Gasteiger charge is 2.13. The molecule has 0 amide bonds. The van der Waals surface area contributed by atoms with Crippen LogP contribution < -0.4 is 5.32 Å². The van der Waals surface area contributed by atoms with Gasteiger partial charge in [0.15, 0.2) is 0 Å². The van der Waals surface area contributed by atoms with E-state index < -0.39 is 0 Å². The second-order valence-corrected chi connectivity index (χ2v) is 6.81. The number of hydrogen-bond donors (Lipinski definition) is 1. The Bertz CT molecular complexity index is 1020. The molecule has 0 aliphatic rings. The van der Waals surface area contributed by atoms with Crippen LogP contribution >= 0.6 is 22.9 Å². The molecule has 3 aromatic heterocycles. The number of aromatic nitrogens is 4. The summed E-state index contributed by atoms with van der Waals surface area (Å²) in [6.45, 7) is 3.95. The molecule has 0 saturated heterocycles. The first kappa shape index (κ1) is 15.1. The summed E-state index contributed by atoms with van der Waals surface area (Å²) in [7, 11) is 0. The lowest BCUT2D eigenvalue weighted by molar-refractivity contribution is 0.782. The molecule has 1 aromatic carbocycles. The number of aryl methyl sites for hydroxylation is 2. The van der Waals surface area contributed by atoms with Gasteiger partial charge in [-0.25, -0.2) is 4.68 Å². The zero-order chi connectivity index (χ0) is 16.7. The van der Waals surface area contributed by atoms with E-state index in [1.54, 1.807) is 16.0 Å². The third-order valence-corrected chi connectivity index (χ3v) is 4.68. The molecule has 3 heterocycles. The Balaban J connectivity index is 1.83. The van der Waals surface area contributed by atoms with Crippen molar-refractivity contribution >= 4 is 44.7 Å². The van der Waals surface area contributed by atoms with E-state index in [1.165, 1.54) is 0 Å². The van der Waals surface area contributed by atoms with Gasteiger partial charge in [-0.15, -0.1) is 11.3 Å². The molecule has 0 bridgehead atoms. The maximum absolute atomic E-state index is 5.95. The molecule has 4 rings (SSSR count). The lowest BCUT2D eigenvalue weighted by Crippen LogP contribution is -2.07. The van der Waals surface area contributed by atoms with Gasteiger partial charge in [0.2, 0.25) is 0 Å². The number of benzene rings is 1. The van der Waals surface area contributed by atoms with E-state index in [2.05, 4.69) is 20.4 Å². The monoisotopic (exact) mass is 355 g/mol. The molecule has 1 N–H and O–H groups in total. The lowest BCUT2D eigenvalue weighted by Gasteiger charge is -2.09. The van der Waals surface area contributed by atoms with Gasteiger partial charge in [-0.3, -0.25) is 0 Å². The van der Waals surface area contributed by atoms with Crippen LogP contribution in [0.15, 0.2) is 41.8 Å². The van der Waals surface area contributed by atoms with Crippen LogP contribution in [0.4, 0.5) is 11.5 Å². The van der Waals surface area contributed by atoms with E-state index in [4.69, 9.17) is 11.6 Å². The Morgan fingerprint density at radius 1 is 1.08 bits per heavy atom. The van der Waals surface area contributed by atoms with E-state index >= 15 is 0 Å². The maximum atomic E-state index is 5.95. The van der Waals surface area contributed by atoms with E-state index in [0.717, 1.165) is 33.1 Å². The topological polar surface area (TPSA) is 55.6 Å². The number of rotatable bonds is 3. The molecule has 5 nitrogen and oxygen atoms in total. The standard InChI is InChI=1S/C17H14ClN5S/c1-10-9-11(2)23(22-10)17-20-15(14-7-8-24-16(14)21-17)19-13-5-3-12(18)4-6-13/h3-9H,1-2H3,(H,19,20,21). The third kappa shape index (κ3) is 2.74. The highest BCUT2D eigenvalue weighted by atomic mass is 35.5. The van der Waals surface area contributed by atoms with E-state index in [-0.39, 0.29) is 0 Å². The summed E-state index contributed by atoms with van der Waals surface area (Å²) >= 11 is 7.54. The average molecular weight is 356 g/mol. The molecule has 0 fully saturated rings. The smallest absolute Gasteiger partial charge is 0.254 e. The van der Waals surface area contributed by atoms with Crippen LogP contribution in [0.2, 0.25) is 5.02 Å². The normalized spacial score (nSPS) is 11.1. The average Bonchev–Trinajstić information content (AvgIpc) is 3.15. The van der Waals surface area contributed by atoms with Gasteiger partial charge in [-0.2, -0.15) is 15.1 Å². The molecular weight excluding hydrogens is 342 g/mol. The van der Waals surface area contributed by atoms with Gasteiger partial charge >= 0.3 is 0 Å². The van der Waals surface area contributed by atoms with Crippen LogP contribution in [0.1, 0.15) is 11.4 Å². The number of halogens is 1. The minimum absolute atomic E-state index is 0.562. The Kier molecular flexibility index (Phi) is 3.70. The molecule has 7 heteroatoms. The highest BCUT2D eigenvalue weighted by molar-refractivity contribution is 7.16. The van der Waals surface area contributed by atoms with E-state index in [0.29, 0.717) is 11.0 Å². The van der Waals surface area contributed by atoms with Gasteiger partial charge in [0.1, 0.15) is 10.6 Å². The molecule has 0 saturated carbocycles. The number of nitrogens with zero attached hydrogens (tertiary/aromatic N) is 4. The molecule has 24 heavy (non-hydrogen) atoms. The SMILES string of the molecule is Cc1cc(C)n(-c2nc(Nc3ccc(Cl)cc3)c3ccsc3n2)n1. The zero-order valence-electron chi connectivity index (χ0n) is 13.1. The van der Waals surface area contributed by atoms with Crippen molar-refractivity contribution < 1.29 is 0 Å². The predicted molar refractivity (Wildman–Crippen MR) is 98.7 cm³/mol. The molecule has 0 radical (unpaired) electrons. The van der Waals surface area contributed by atoms with Gasteiger partial charge in [0, 0.05) is 16.4 Å². The molecule has 0 aliphatic heterocycles. The highest BCUT2D eigenvalue weighted by Crippen LogP contribution is 2.29. The van der Waals surface area contributed by atoms with Crippen molar-refractivity contribution in [1.82, 2.24) is 19.7 Å². The number of anilines is 2. The fraction of sp³-hybridized carbons (Fsp3) is 0.118. The third-order valence-electron chi connectivity index (χ3n) is 3.62. The minimum Gasteiger partial charge on any atom is -0.340 e. The number of nitrogens with one attached hydrogen (secondary N) is 1. The fourth-order valence-corrected chi connectivity index (χ4v) is 3.42. The van der Waals surface area contributed by atoms with Crippen molar-refractivity contribution in [2.75, 3.05) is 5.32 Å². The Labute approximate surface area is 147 Å².